The number of aryl methyl sites for hydroxylation is 3. The molecular weight excluding hydrogens is 428 g/mol. The Morgan fingerprint density at radius 3 is 2.45 bits per heavy atom. The Bertz CT molecular complexity index is 1260. The van der Waals surface area contributed by atoms with Crippen molar-refractivity contribution in [2.45, 2.75) is 34.1 Å². The summed E-state index contributed by atoms with van der Waals surface area (Å²) in [5.41, 5.74) is 6.91. The van der Waals surface area contributed by atoms with Crippen LogP contribution in [0.15, 0.2) is 48.5 Å². The molecule has 4 aromatic rings. The van der Waals surface area contributed by atoms with Crippen molar-refractivity contribution in [3.63, 3.8) is 0 Å². The van der Waals surface area contributed by atoms with E-state index in [2.05, 4.69) is 41.5 Å². The van der Waals surface area contributed by atoms with Crippen molar-refractivity contribution in [2.75, 3.05) is 5.32 Å². The molecular formula is C24H23ClN4OS. The molecule has 0 aliphatic heterocycles. The van der Waals surface area contributed by atoms with Gasteiger partial charge in [0.05, 0.1) is 22.1 Å². The molecule has 0 radical (unpaired) electrons. The van der Waals surface area contributed by atoms with Gasteiger partial charge < -0.3 is 5.32 Å². The van der Waals surface area contributed by atoms with Gasteiger partial charge in [-0.2, -0.15) is 5.10 Å². The van der Waals surface area contributed by atoms with Crippen LogP contribution >= 0.6 is 22.9 Å². The summed E-state index contributed by atoms with van der Waals surface area (Å²) < 4.78 is 1.84. The molecule has 1 N–H and O–H groups in total. The van der Waals surface area contributed by atoms with Crippen LogP contribution in [-0.2, 0) is 6.42 Å². The Balaban J connectivity index is 1.61. The van der Waals surface area contributed by atoms with Gasteiger partial charge in [-0.15, -0.1) is 0 Å². The highest BCUT2D eigenvalue weighted by Crippen LogP contribution is 2.28. The predicted octanol–water partition coefficient (Wildman–Crippen LogP) is 6.06. The number of carbonyl (C=O) groups is 1. The minimum Gasteiger partial charge on any atom is -0.320 e. The number of para-hydroxylation sites is 1. The third kappa shape index (κ3) is 4.40. The molecule has 2 aromatic heterocycles. The molecule has 2 heterocycles. The molecule has 0 saturated carbocycles. The molecule has 0 atom stereocenters. The van der Waals surface area contributed by atoms with Crippen molar-refractivity contribution < 1.29 is 4.79 Å². The second-order valence-corrected chi connectivity index (χ2v) is 8.95. The molecule has 0 aliphatic carbocycles. The number of benzene rings is 2. The maximum Gasteiger partial charge on any atom is 0.267 e. The topological polar surface area (TPSA) is 59.8 Å². The first-order valence-electron chi connectivity index (χ1n) is 9.98. The highest BCUT2D eigenvalue weighted by atomic mass is 35.5. The van der Waals surface area contributed by atoms with Crippen molar-refractivity contribution >= 4 is 34.5 Å². The lowest BCUT2D eigenvalue weighted by Gasteiger charge is -2.05. The van der Waals surface area contributed by atoms with Crippen molar-refractivity contribution in [1.29, 1.82) is 0 Å². The van der Waals surface area contributed by atoms with Crippen molar-refractivity contribution in [3.8, 4) is 5.13 Å². The number of anilines is 1. The summed E-state index contributed by atoms with van der Waals surface area (Å²) in [5, 5.41) is 8.76. The average Bonchev–Trinajstić information content (AvgIpc) is 3.26. The van der Waals surface area contributed by atoms with Gasteiger partial charge >= 0.3 is 0 Å². The zero-order valence-corrected chi connectivity index (χ0v) is 19.4. The van der Waals surface area contributed by atoms with E-state index < -0.39 is 0 Å². The molecule has 5 nitrogen and oxygen atoms in total. The van der Waals surface area contributed by atoms with Crippen LogP contribution in [0.4, 0.5) is 5.69 Å². The predicted molar refractivity (Wildman–Crippen MR) is 127 cm³/mol. The van der Waals surface area contributed by atoms with Gasteiger partial charge in [0.25, 0.3) is 5.91 Å². The minimum absolute atomic E-state index is 0.226. The molecule has 2 aromatic carbocycles. The maximum absolute atomic E-state index is 12.8. The number of aromatic nitrogens is 3. The lowest BCUT2D eigenvalue weighted by atomic mass is 10.0. The molecule has 0 bridgehead atoms. The van der Waals surface area contributed by atoms with E-state index >= 15 is 0 Å². The number of halogens is 1. The van der Waals surface area contributed by atoms with E-state index in [4.69, 9.17) is 16.7 Å². The van der Waals surface area contributed by atoms with Crippen molar-refractivity contribution in [2.24, 2.45) is 0 Å². The van der Waals surface area contributed by atoms with Gasteiger partial charge in [-0.1, -0.05) is 64.9 Å². The summed E-state index contributed by atoms with van der Waals surface area (Å²) >= 11 is 7.50. The van der Waals surface area contributed by atoms with Gasteiger partial charge in [-0.05, 0) is 45.4 Å². The number of amides is 1. The Labute approximate surface area is 190 Å². The van der Waals surface area contributed by atoms with Gasteiger partial charge in [0.15, 0.2) is 0 Å². The van der Waals surface area contributed by atoms with Crippen LogP contribution in [-0.4, -0.2) is 20.7 Å². The van der Waals surface area contributed by atoms with Crippen LogP contribution in [0.5, 0.6) is 0 Å². The molecule has 4 rings (SSSR count). The third-order valence-corrected chi connectivity index (χ3v) is 6.70. The number of hydrogen-bond donors (Lipinski definition) is 1. The molecule has 158 valence electrons. The van der Waals surface area contributed by atoms with E-state index in [0.29, 0.717) is 26.4 Å². The summed E-state index contributed by atoms with van der Waals surface area (Å²) in [6, 6.07) is 15.7. The number of hydrogen-bond acceptors (Lipinski definition) is 4. The Morgan fingerprint density at radius 2 is 1.74 bits per heavy atom. The molecule has 0 fully saturated rings. The fourth-order valence-electron chi connectivity index (χ4n) is 3.45. The van der Waals surface area contributed by atoms with Gasteiger partial charge in [0, 0.05) is 17.7 Å². The maximum atomic E-state index is 12.8. The molecule has 0 saturated heterocycles. The molecule has 7 heteroatoms. The first kappa shape index (κ1) is 21.3. The number of carbonyl (C=O) groups excluding carboxylic acids is 1. The summed E-state index contributed by atoms with van der Waals surface area (Å²) in [6.45, 7) is 7.98. The summed E-state index contributed by atoms with van der Waals surface area (Å²) in [5.74, 6) is -0.226. The second-order valence-electron chi connectivity index (χ2n) is 7.57. The van der Waals surface area contributed by atoms with E-state index in [1.807, 2.05) is 37.6 Å². The Hall–Kier alpha value is -2.96. The summed E-state index contributed by atoms with van der Waals surface area (Å²) in [7, 11) is 0. The standard InChI is InChI=1S/C24H23ClN4OS/c1-14-9-11-18(12-10-14)13-19-15(2)28-29(17(19)4)24-26-16(3)22(31-24)23(30)27-21-8-6-5-7-20(21)25/h5-12H,13H2,1-4H3,(H,27,30). The van der Waals surface area contributed by atoms with Gasteiger partial charge in [-0.3, -0.25) is 4.79 Å². The first-order chi connectivity index (χ1) is 14.8. The van der Waals surface area contributed by atoms with Crippen LogP contribution in [0.3, 0.4) is 0 Å². The van der Waals surface area contributed by atoms with Gasteiger partial charge in [0.2, 0.25) is 5.13 Å². The van der Waals surface area contributed by atoms with Gasteiger partial charge in [0.1, 0.15) is 4.88 Å². The lowest BCUT2D eigenvalue weighted by molar-refractivity contribution is 0.103. The number of nitrogens with one attached hydrogen (secondary N) is 1. The first-order valence-corrected chi connectivity index (χ1v) is 11.2. The van der Waals surface area contributed by atoms with Crippen LogP contribution in [0.1, 0.15) is 43.4 Å². The Morgan fingerprint density at radius 1 is 1.03 bits per heavy atom. The monoisotopic (exact) mass is 450 g/mol. The number of rotatable bonds is 5. The summed E-state index contributed by atoms with van der Waals surface area (Å²) in [6.07, 6.45) is 0.808. The third-order valence-electron chi connectivity index (χ3n) is 5.24. The van der Waals surface area contributed by atoms with Crippen LogP contribution in [0.2, 0.25) is 5.02 Å². The van der Waals surface area contributed by atoms with E-state index in [1.165, 1.54) is 28.0 Å². The highest BCUT2D eigenvalue weighted by Gasteiger charge is 2.20. The number of nitrogens with zero attached hydrogens (tertiary/aromatic N) is 3. The Kier molecular flexibility index (Phi) is 5.94. The quantitative estimate of drug-likeness (QED) is 0.402. The normalized spacial score (nSPS) is 11.0. The smallest absolute Gasteiger partial charge is 0.267 e. The van der Waals surface area contributed by atoms with Gasteiger partial charge in [-0.25, -0.2) is 9.67 Å². The van der Waals surface area contributed by atoms with E-state index in [0.717, 1.165) is 17.8 Å². The average molecular weight is 451 g/mol. The molecule has 1 amide bonds. The van der Waals surface area contributed by atoms with Crippen LogP contribution < -0.4 is 5.32 Å². The lowest BCUT2D eigenvalue weighted by Crippen LogP contribution is -2.11. The SMILES string of the molecule is Cc1ccc(Cc2c(C)nn(-c3nc(C)c(C(=O)Nc4ccccc4Cl)s3)c2C)cc1. The molecule has 0 spiro atoms. The fraction of sp³-hybridized carbons (Fsp3) is 0.208. The van der Waals surface area contributed by atoms with Crippen LogP contribution in [0, 0.1) is 27.7 Å². The zero-order chi connectivity index (χ0) is 22.1. The van der Waals surface area contributed by atoms with E-state index in [9.17, 15) is 4.79 Å². The van der Waals surface area contributed by atoms with E-state index in [-0.39, 0.29) is 5.91 Å². The van der Waals surface area contributed by atoms with E-state index in [1.54, 1.807) is 12.1 Å². The van der Waals surface area contributed by atoms with Crippen molar-refractivity contribution in [3.05, 3.63) is 92.2 Å². The number of thiazole rings is 1. The second kappa shape index (κ2) is 8.65. The van der Waals surface area contributed by atoms with Crippen LogP contribution in [0.25, 0.3) is 5.13 Å². The van der Waals surface area contributed by atoms with Crippen molar-refractivity contribution in [1.82, 2.24) is 14.8 Å². The summed E-state index contributed by atoms with van der Waals surface area (Å²) in [4.78, 5) is 18.0. The highest BCUT2D eigenvalue weighted by molar-refractivity contribution is 7.16. The fourth-order valence-corrected chi connectivity index (χ4v) is 4.60. The zero-order valence-electron chi connectivity index (χ0n) is 17.9. The molecule has 0 aliphatic rings. The largest absolute Gasteiger partial charge is 0.320 e. The molecule has 31 heavy (non-hydrogen) atoms. The minimum atomic E-state index is -0.226. The molecule has 0 unspecified atom stereocenters.